The second kappa shape index (κ2) is 9.15. The summed E-state index contributed by atoms with van der Waals surface area (Å²) in [5.74, 6) is 1.31. The lowest BCUT2D eigenvalue weighted by atomic mass is 9.90. The van der Waals surface area contributed by atoms with Gasteiger partial charge in [-0.2, -0.15) is 0 Å². The molecule has 148 valence electrons. The summed E-state index contributed by atoms with van der Waals surface area (Å²) in [7, 11) is 0. The van der Waals surface area contributed by atoms with Gasteiger partial charge in [0.1, 0.15) is 5.82 Å². The van der Waals surface area contributed by atoms with Crippen LogP contribution in [0.25, 0.3) is 0 Å². The van der Waals surface area contributed by atoms with Gasteiger partial charge in [0.2, 0.25) is 0 Å². The van der Waals surface area contributed by atoms with Crippen LogP contribution < -0.4 is 5.32 Å². The molecule has 0 bridgehead atoms. The summed E-state index contributed by atoms with van der Waals surface area (Å²) in [6.45, 7) is 3.15. The summed E-state index contributed by atoms with van der Waals surface area (Å²) in [6.07, 6.45) is 5.61. The minimum absolute atomic E-state index is 0.0173. The average molecular weight is 380 g/mol. The van der Waals surface area contributed by atoms with Gasteiger partial charge >= 0.3 is 0 Å². The third kappa shape index (κ3) is 4.87. The Morgan fingerprint density at radius 3 is 2.57 bits per heavy atom. The first-order valence-corrected chi connectivity index (χ1v) is 10.3. The molecule has 2 fully saturated rings. The SMILES string of the molecule is O=C(c1ccc(NCC2CCCO2)nn1)N1CCC(Cc2ccccc2)CC1. The van der Waals surface area contributed by atoms with Gasteiger partial charge in [-0.15, -0.1) is 10.2 Å². The Labute approximate surface area is 166 Å². The van der Waals surface area contributed by atoms with Crippen LogP contribution in [0, 0.1) is 5.92 Å². The number of rotatable bonds is 6. The van der Waals surface area contributed by atoms with Crippen LogP contribution in [0.2, 0.25) is 0 Å². The zero-order valence-electron chi connectivity index (χ0n) is 16.2. The summed E-state index contributed by atoms with van der Waals surface area (Å²) in [6, 6.07) is 14.2. The van der Waals surface area contributed by atoms with Gasteiger partial charge in [-0.1, -0.05) is 30.3 Å². The molecule has 4 rings (SSSR count). The fourth-order valence-corrected chi connectivity index (χ4v) is 4.01. The number of hydrogen-bond donors (Lipinski definition) is 1. The fraction of sp³-hybridized carbons (Fsp3) is 0.500. The van der Waals surface area contributed by atoms with Gasteiger partial charge in [0.15, 0.2) is 5.69 Å². The molecule has 2 aliphatic rings. The standard InChI is InChI=1S/C22H28N4O2/c27-22(20-8-9-21(25-24-20)23-16-19-7-4-14-28-19)26-12-10-18(11-13-26)15-17-5-2-1-3-6-17/h1-3,5-6,8-9,18-19H,4,7,10-16H2,(H,23,25). The van der Waals surface area contributed by atoms with Crippen molar-refractivity contribution >= 4 is 11.7 Å². The second-order valence-electron chi connectivity index (χ2n) is 7.75. The van der Waals surface area contributed by atoms with E-state index in [-0.39, 0.29) is 12.0 Å². The average Bonchev–Trinajstić information content (AvgIpc) is 3.27. The molecular formula is C22H28N4O2. The number of hydrogen-bond acceptors (Lipinski definition) is 5. The first kappa shape index (κ1) is 18.9. The van der Waals surface area contributed by atoms with E-state index in [1.165, 1.54) is 5.56 Å². The number of likely N-dealkylation sites (tertiary alicyclic amines) is 1. The van der Waals surface area contributed by atoms with Crippen molar-refractivity contribution in [1.29, 1.82) is 0 Å². The summed E-state index contributed by atoms with van der Waals surface area (Å²) < 4.78 is 5.59. The number of nitrogens with zero attached hydrogens (tertiary/aromatic N) is 3. The number of benzene rings is 1. The zero-order valence-corrected chi connectivity index (χ0v) is 16.2. The van der Waals surface area contributed by atoms with E-state index in [1.54, 1.807) is 6.07 Å². The molecule has 0 spiro atoms. The van der Waals surface area contributed by atoms with Crippen LogP contribution >= 0.6 is 0 Å². The van der Waals surface area contributed by atoms with Gasteiger partial charge in [-0.05, 0) is 55.7 Å². The van der Waals surface area contributed by atoms with Crippen LogP contribution in [0.1, 0.15) is 41.7 Å². The third-order valence-corrected chi connectivity index (χ3v) is 5.69. The molecule has 0 radical (unpaired) electrons. The van der Waals surface area contributed by atoms with E-state index in [1.807, 2.05) is 11.0 Å². The predicted molar refractivity (Wildman–Crippen MR) is 108 cm³/mol. The van der Waals surface area contributed by atoms with E-state index in [0.717, 1.165) is 58.3 Å². The topological polar surface area (TPSA) is 67.3 Å². The second-order valence-corrected chi connectivity index (χ2v) is 7.75. The molecule has 1 N–H and O–H groups in total. The lowest BCUT2D eigenvalue weighted by Gasteiger charge is -2.31. The summed E-state index contributed by atoms with van der Waals surface area (Å²) in [5.41, 5.74) is 1.80. The van der Waals surface area contributed by atoms with Crippen LogP contribution in [0.15, 0.2) is 42.5 Å². The van der Waals surface area contributed by atoms with E-state index in [2.05, 4.69) is 45.8 Å². The summed E-state index contributed by atoms with van der Waals surface area (Å²) in [4.78, 5) is 14.6. The minimum atomic E-state index is -0.0173. The molecule has 1 unspecified atom stereocenters. The Bertz CT molecular complexity index is 752. The van der Waals surface area contributed by atoms with Gasteiger partial charge in [0.05, 0.1) is 6.10 Å². The molecule has 3 heterocycles. The van der Waals surface area contributed by atoms with Crippen molar-refractivity contribution < 1.29 is 9.53 Å². The van der Waals surface area contributed by atoms with Crippen LogP contribution in [-0.4, -0.2) is 53.3 Å². The maximum Gasteiger partial charge on any atom is 0.274 e. The van der Waals surface area contributed by atoms with Gasteiger partial charge in [0.25, 0.3) is 5.91 Å². The van der Waals surface area contributed by atoms with Gasteiger partial charge < -0.3 is 15.0 Å². The lowest BCUT2D eigenvalue weighted by molar-refractivity contribution is 0.0683. The molecule has 1 atom stereocenters. The maximum absolute atomic E-state index is 12.7. The molecule has 1 aromatic carbocycles. The highest BCUT2D eigenvalue weighted by Crippen LogP contribution is 2.22. The maximum atomic E-state index is 12.7. The Balaban J connectivity index is 1.25. The number of nitrogens with one attached hydrogen (secondary N) is 1. The van der Waals surface area contributed by atoms with Crippen molar-refractivity contribution in [2.45, 2.75) is 38.2 Å². The van der Waals surface area contributed by atoms with E-state index >= 15 is 0 Å². The highest BCUT2D eigenvalue weighted by molar-refractivity contribution is 5.92. The van der Waals surface area contributed by atoms with Crippen molar-refractivity contribution in [2.75, 3.05) is 31.6 Å². The monoisotopic (exact) mass is 380 g/mol. The fourth-order valence-electron chi connectivity index (χ4n) is 4.01. The van der Waals surface area contributed by atoms with Crippen LogP contribution in [0.4, 0.5) is 5.82 Å². The minimum Gasteiger partial charge on any atom is -0.376 e. The van der Waals surface area contributed by atoms with Gasteiger partial charge in [0, 0.05) is 26.2 Å². The third-order valence-electron chi connectivity index (χ3n) is 5.69. The van der Waals surface area contributed by atoms with E-state index in [9.17, 15) is 4.79 Å². The number of aromatic nitrogens is 2. The zero-order chi connectivity index (χ0) is 19.2. The van der Waals surface area contributed by atoms with Crippen LogP contribution in [0.3, 0.4) is 0 Å². The first-order chi connectivity index (χ1) is 13.8. The molecule has 2 aliphatic heterocycles. The lowest BCUT2D eigenvalue weighted by Crippen LogP contribution is -2.39. The Kier molecular flexibility index (Phi) is 6.17. The summed E-state index contributed by atoms with van der Waals surface area (Å²) in [5, 5.41) is 11.5. The molecule has 6 nitrogen and oxygen atoms in total. The molecular weight excluding hydrogens is 352 g/mol. The van der Waals surface area contributed by atoms with E-state index in [4.69, 9.17) is 4.74 Å². The summed E-state index contributed by atoms with van der Waals surface area (Å²) >= 11 is 0. The van der Waals surface area contributed by atoms with Crippen molar-refractivity contribution in [3.63, 3.8) is 0 Å². The number of carbonyl (C=O) groups excluding carboxylic acids is 1. The number of carbonyl (C=O) groups is 1. The highest BCUT2D eigenvalue weighted by Gasteiger charge is 2.25. The highest BCUT2D eigenvalue weighted by atomic mass is 16.5. The molecule has 1 aromatic heterocycles. The van der Waals surface area contributed by atoms with Crippen LogP contribution in [0.5, 0.6) is 0 Å². The van der Waals surface area contributed by atoms with Gasteiger partial charge in [-0.3, -0.25) is 4.79 Å². The Morgan fingerprint density at radius 2 is 1.89 bits per heavy atom. The number of ether oxygens (including phenoxy) is 1. The Hall–Kier alpha value is -2.47. The van der Waals surface area contributed by atoms with Crippen molar-refractivity contribution in [3.05, 3.63) is 53.7 Å². The van der Waals surface area contributed by atoms with Crippen molar-refractivity contribution in [1.82, 2.24) is 15.1 Å². The quantitative estimate of drug-likeness (QED) is 0.834. The molecule has 0 saturated carbocycles. The normalized spacial score (nSPS) is 20.3. The van der Waals surface area contributed by atoms with Crippen molar-refractivity contribution in [2.24, 2.45) is 5.92 Å². The van der Waals surface area contributed by atoms with E-state index < -0.39 is 0 Å². The molecule has 2 aromatic rings. The molecule has 1 amide bonds. The first-order valence-electron chi connectivity index (χ1n) is 10.3. The molecule has 0 aliphatic carbocycles. The smallest absolute Gasteiger partial charge is 0.274 e. The number of anilines is 1. The number of piperidine rings is 1. The van der Waals surface area contributed by atoms with Gasteiger partial charge in [-0.25, -0.2) is 0 Å². The van der Waals surface area contributed by atoms with Crippen LogP contribution in [-0.2, 0) is 11.2 Å². The Morgan fingerprint density at radius 1 is 1.07 bits per heavy atom. The molecule has 2 saturated heterocycles. The largest absolute Gasteiger partial charge is 0.376 e. The molecule has 28 heavy (non-hydrogen) atoms. The molecule has 6 heteroatoms. The van der Waals surface area contributed by atoms with E-state index in [0.29, 0.717) is 17.4 Å². The van der Waals surface area contributed by atoms with Crippen molar-refractivity contribution in [3.8, 4) is 0 Å². The number of amides is 1. The predicted octanol–water partition coefficient (Wildman–Crippen LogP) is 3.16.